The minimum Gasteiger partial charge on any atom is -0.496 e. The van der Waals surface area contributed by atoms with Gasteiger partial charge >= 0.3 is 5.97 Å². The highest BCUT2D eigenvalue weighted by molar-refractivity contribution is 5.96. The first-order valence-electron chi connectivity index (χ1n) is 7.98. The molecule has 1 aliphatic rings. The predicted molar refractivity (Wildman–Crippen MR) is 90.7 cm³/mol. The van der Waals surface area contributed by atoms with E-state index in [1.165, 1.54) is 7.11 Å². The maximum Gasteiger partial charge on any atom is 0.308 e. The maximum absolute atomic E-state index is 11.6. The van der Waals surface area contributed by atoms with Crippen molar-refractivity contribution in [3.05, 3.63) is 35.4 Å². The van der Waals surface area contributed by atoms with Crippen LogP contribution in [0.3, 0.4) is 0 Å². The number of carbonyl (C=O) groups is 1. The minimum absolute atomic E-state index is 0.197. The Morgan fingerprint density at radius 3 is 2.33 bits per heavy atom. The fourth-order valence-electron chi connectivity index (χ4n) is 3.55. The Labute approximate surface area is 141 Å². The van der Waals surface area contributed by atoms with Crippen molar-refractivity contribution in [2.24, 2.45) is 0 Å². The Kier molecular flexibility index (Phi) is 4.62. The minimum atomic E-state index is -0.276. The lowest BCUT2D eigenvalue weighted by atomic mass is 9.88. The molecule has 3 rings (SSSR count). The van der Waals surface area contributed by atoms with E-state index in [1.807, 2.05) is 31.2 Å². The number of carbonyl (C=O) groups excluding carboxylic acids is 1. The van der Waals surface area contributed by atoms with Gasteiger partial charge in [-0.1, -0.05) is 24.3 Å². The molecular weight excluding hydrogens is 308 g/mol. The molecule has 2 aromatic rings. The molecule has 0 radical (unpaired) electrons. The van der Waals surface area contributed by atoms with Crippen LogP contribution in [0, 0.1) is 0 Å². The van der Waals surface area contributed by atoms with Gasteiger partial charge in [-0.25, -0.2) is 0 Å². The molecule has 0 saturated heterocycles. The fourth-order valence-corrected chi connectivity index (χ4v) is 3.55. The third-order valence-corrected chi connectivity index (χ3v) is 4.53. The van der Waals surface area contributed by atoms with Crippen molar-refractivity contribution < 1.29 is 23.7 Å². The van der Waals surface area contributed by atoms with Crippen LogP contribution in [-0.4, -0.2) is 33.4 Å². The van der Waals surface area contributed by atoms with Gasteiger partial charge in [-0.05, 0) is 6.92 Å². The highest BCUT2D eigenvalue weighted by atomic mass is 16.5. The van der Waals surface area contributed by atoms with E-state index in [0.717, 1.165) is 33.4 Å². The molecule has 1 heterocycles. The third-order valence-electron chi connectivity index (χ3n) is 4.53. The summed E-state index contributed by atoms with van der Waals surface area (Å²) in [7, 11) is 4.73. The number of methoxy groups -OCH3 is 3. The van der Waals surface area contributed by atoms with Crippen LogP contribution in [-0.2, 0) is 20.7 Å². The highest BCUT2D eigenvalue weighted by Gasteiger charge is 2.33. The Bertz CT molecular complexity index is 768. The molecule has 0 unspecified atom stereocenters. The van der Waals surface area contributed by atoms with Gasteiger partial charge in [0.15, 0.2) is 0 Å². The molecule has 0 N–H and O–H groups in total. The summed E-state index contributed by atoms with van der Waals surface area (Å²) in [5.74, 6) is 1.36. The van der Waals surface area contributed by atoms with Crippen molar-refractivity contribution in [1.82, 2.24) is 0 Å². The average Bonchev–Trinajstić information content (AvgIpc) is 2.59. The molecule has 1 aliphatic heterocycles. The van der Waals surface area contributed by atoms with Gasteiger partial charge in [-0.3, -0.25) is 4.79 Å². The van der Waals surface area contributed by atoms with Gasteiger partial charge in [0.25, 0.3) is 0 Å². The molecule has 2 aromatic carbocycles. The molecule has 0 saturated carbocycles. The highest BCUT2D eigenvalue weighted by Crippen LogP contribution is 2.47. The van der Waals surface area contributed by atoms with Crippen LogP contribution in [0.1, 0.15) is 30.6 Å². The molecule has 0 fully saturated rings. The molecule has 128 valence electrons. The van der Waals surface area contributed by atoms with E-state index < -0.39 is 0 Å². The number of hydrogen-bond acceptors (Lipinski definition) is 5. The number of esters is 1. The molecule has 0 bridgehead atoms. The monoisotopic (exact) mass is 330 g/mol. The summed E-state index contributed by atoms with van der Waals surface area (Å²) in [5.41, 5.74) is 2.04. The van der Waals surface area contributed by atoms with Crippen molar-refractivity contribution in [1.29, 1.82) is 0 Å². The lowest BCUT2D eigenvalue weighted by Crippen LogP contribution is -2.28. The maximum atomic E-state index is 11.6. The van der Waals surface area contributed by atoms with Gasteiger partial charge in [0.1, 0.15) is 11.5 Å². The van der Waals surface area contributed by atoms with Gasteiger partial charge in [-0.15, -0.1) is 0 Å². The van der Waals surface area contributed by atoms with E-state index in [9.17, 15) is 4.79 Å². The first-order valence-corrected chi connectivity index (χ1v) is 7.98. The summed E-state index contributed by atoms with van der Waals surface area (Å²) < 4.78 is 22.2. The van der Waals surface area contributed by atoms with E-state index in [4.69, 9.17) is 18.9 Å². The van der Waals surface area contributed by atoms with Gasteiger partial charge in [-0.2, -0.15) is 0 Å². The van der Waals surface area contributed by atoms with E-state index >= 15 is 0 Å². The second-order valence-electron chi connectivity index (χ2n) is 5.89. The lowest BCUT2D eigenvalue weighted by Gasteiger charge is -2.33. The van der Waals surface area contributed by atoms with E-state index in [2.05, 4.69) is 0 Å². The largest absolute Gasteiger partial charge is 0.496 e. The Morgan fingerprint density at radius 1 is 1.12 bits per heavy atom. The molecule has 2 atom stereocenters. The molecule has 0 aliphatic carbocycles. The SMILES string of the molecule is COC(=O)C[C@@H]1Cc2c(c(OC)c3ccccc3c2OC)[C@@H](C)O1. The molecule has 0 spiro atoms. The third kappa shape index (κ3) is 2.69. The average molecular weight is 330 g/mol. The molecule has 0 aromatic heterocycles. The zero-order valence-corrected chi connectivity index (χ0v) is 14.4. The molecule has 5 nitrogen and oxygen atoms in total. The number of rotatable bonds is 4. The summed E-state index contributed by atoms with van der Waals surface area (Å²) in [5, 5.41) is 2.00. The van der Waals surface area contributed by atoms with E-state index in [1.54, 1.807) is 14.2 Å². The number of benzene rings is 2. The van der Waals surface area contributed by atoms with Crippen molar-refractivity contribution in [3.63, 3.8) is 0 Å². The summed E-state index contributed by atoms with van der Waals surface area (Å²) in [6, 6.07) is 7.99. The zero-order valence-electron chi connectivity index (χ0n) is 14.4. The second-order valence-corrected chi connectivity index (χ2v) is 5.89. The summed E-state index contributed by atoms with van der Waals surface area (Å²) in [4.78, 5) is 11.6. The predicted octanol–water partition coefficient (Wildman–Crippen LogP) is 3.42. The topological polar surface area (TPSA) is 54.0 Å². The first kappa shape index (κ1) is 16.6. The zero-order chi connectivity index (χ0) is 17.3. The van der Waals surface area contributed by atoms with Crippen LogP contribution in [0.2, 0.25) is 0 Å². The Balaban J connectivity index is 2.18. The smallest absolute Gasteiger partial charge is 0.308 e. The van der Waals surface area contributed by atoms with Crippen LogP contribution < -0.4 is 9.47 Å². The quantitative estimate of drug-likeness (QED) is 0.804. The Hall–Kier alpha value is -2.27. The van der Waals surface area contributed by atoms with Crippen molar-refractivity contribution in [3.8, 4) is 11.5 Å². The second kappa shape index (κ2) is 6.69. The van der Waals surface area contributed by atoms with Crippen molar-refractivity contribution in [2.45, 2.75) is 32.0 Å². The van der Waals surface area contributed by atoms with Crippen molar-refractivity contribution in [2.75, 3.05) is 21.3 Å². The van der Waals surface area contributed by atoms with Crippen molar-refractivity contribution >= 4 is 16.7 Å². The van der Waals surface area contributed by atoms with Crippen LogP contribution in [0.5, 0.6) is 11.5 Å². The van der Waals surface area contributed by atoms with Gasteiger partial charge < -0.3 is 18.9 Å². The number of hydrogen-bond donors (Lipinski definition) is 0. The summed E-state index contributed by atoms with van der Waals surface area (Å²) in [6.45, 7) is 1.97. The van der Waals surface area contributed by atoms with E-state index in [-0.39, 0.29) is 24.6 Å². The van der Waals surface area contributed by atoms with Gasteiger partial charge in [0, 0.05) is 28.3 Å². The van der Waals surface area contributed by atoms with E-state index in [0.29, 0.717) is 6.42 Å². The van der Waals surface area contributed by atoms with Gasteiger partial charge in [0.2, 0.25) is 0 Å². The lowest BCUT2D eigenvalue weighted by molar-refractivity contribution is -0.145. The first-order chi connectivity index (χ1) is 11.6. The molecule has 0 amide bonds. The number of fused-ring (bicyclic) bond motifs is 2. The van der Waals surface area contributed by atoms with Crippen LogP contribution in [0.25, 0.3) is 10.8 Å². The Morgan fingerprint density at radius 2 is 1.75 bits per heavy atom. The van der Waals surface area contributed by atoms with Crippen LogP contribution in [0.15, 0.2) is 24.3 Å². The summed E-state index contributed by atoms with van der Waals surface area (Å²) in [6.07, 6.45) is 0.370. The standard InChI is InChI=1S/C19H22O5/c1-11-17-15(9-12(24-11)10-16(20)21-2)18(22-3)13-7-5-6-8-14(13)19(17)23-4/h5-8,11-12H,9-10H2,1-4H3/t11-,12+/m1/s1. The molecule has 5 heteroatoms. The van der Waals surface area contributed by atoms with Crippen LogP contribution >= 0.6 is 0 Å². The number of ether oxygens (including phenoxy) is 4. The molecule has 24 heavy (non-hydrogen) atoms. The molecular formula is C19H22O5. The fraction of sp³-hybridized carbons (Fsp3) is 0.421. The normalized spacial score (nSPS) is 19.7. The summed E-state index contributed by atoms with van der Waals surface area (Å²) >= 11 is 0. The van der Waals surface area contributed by atoms with Crippen LogP contribution in [0.4, 0.5) is 0 Å². The van der Waals surface area contributed by atoms with Gasteiger partial charge in [0.05, 0.1) is 40.0 Å².